The summed E-state index contributed by atoms with van der Waals surface area (Å²) in [6.45, 7) is 1.97. The van der Waals surface area contributed by atoms with Gasteiger partial charge in [0, 0.05) is 15.5 Å². The highest BCUT2D eigenvalue weighted by Crippen LogP contribution is 2.39. The van der Waals surface area contributed by atoms with Gasteiger partial charge < -0.3 is 10.1 Å². The van der Waals surface area contributed by atoms with Crippen LogP contribution < -0.4 is 10.0 Å². The summed E-state index contributed by atoms with van der Waals surface area (Å²) >= 11 is 7.31. The number of carbonyl (C=O) groups is 2. The molecule has 7 nitrogen and oxygen atoms in total. The van der Waals surface area contributed by atoms with E-state index in [1.54, 1.807) is 25.1 Å². The first kappa shape index (κ1) is 24.3. The third-order valence-electron chi connectivity index (χ3n) is 5.36. The van der Waals surface area contributed by atoms with E-state index < -0.39 is 21.9 Å². The highest BCUT2D eigenvalue weighted by Gasteiger charge is 2.27. The number of benzene rings is 2. The first-order valence-electron chi connectivity index (χ1n) is 10.8. The molecule has 2 N–H and O–H groups in total. The number of anilines is 2. The number of esters is 1. The van der Waals surface area contributed by atoms with Crippen molar-refractivity contribution in [1.82, 2.24) is 0 Å². The van der Waals surface area contributed by atoms with Crippen molar-refractivity contribution in [3.05, 3.63) is 75.1 Å². The molecule has 0 bridgehead atoms. The number of fused-ring (bicyclic) bond motifs is 1. The van der Waals surface area contributed by atoms with E-state index in [2.05, 4.69) is 10.0 Å². The Kier molecular flexibility index (Phi) is 7.25. The highest BCUT2D eigenvalue weighted by molar-refractivity contribution is 7.92. The second-order valence-electron chi connectivity index (χ2n) is 7.73. The average Bonchev–Trinajstić information content (AvgIpc) is 3.17. The van der Waals surface area contributed by atoms with Crippen molar-refractivity contribution < 1.29 is 22.7 Å². The van der Waals surface area contributed by atoms with Crippen LogP contribution in [0.1, 0.15) is 50.9 Å². The van der Waals surface area contributed by atoms with E-state index >= 15 is 0 Å². The third kappa shape index (κ3) is 5.27. The van der Waals surface area contributed by atoms with Gasteiger partial charge in [0.15, 0.2) is 0 Å². The fraction of sp³-hybridized carbons (Fsp3) is 0.250. The van der Waals surface area contributed by atoms with Gasteiger partial charge in [-0.1, -0.05) is 23.7 Å². The Morgan fingerprint density at radius 2 is 1.85 bits per heavy atom. The largest absolute Gasteiger partial charge is 0.462 e. The molecule has 1 aliphatic carbocycles. The van der Waals surface area contributed by atoms with E-state index in [1.807, 2.05) is 0 Å². The Morgan fingerprint density at radius 1 is 1.09 bits per heavy atom. The topological polar surface area (TPSA) is 102 Å². The third-order valence-corrected chi connectivity index (χ3v) is 8.18. The lowest BCUT2D eigenvalue weighted by Gasteiger charge is -2.12. The normalized spacial score (nSPS) is 13.1. The summed E-state index contributed by atoms with van der Waals surface area (Å²) in [6.07, 6.45) is 3.62. The lowest BCUT2D eigenvalue weighted by molar-refractivity contribution is 0.0526. The van der Waals surface area contributed by atoms with E-state index in [4.69, 9.17) is 16.3 Å². The second-order valence-corrected chi connectivity index (χ2v) is 11.0. The Bertz CT molecular complexity index is 1350. The minimum Gasteiger partial charge on any atom is -0.462 e. The number of rotatable bonds is 7. The summed E-state index contributed by atoms with van der Waals surface area (Å²) < 4.78 is 33.4. The van der Waals surface area contributed by atoms with Crippen LogP contribution in [-0.2, 0) is 27.6 Å². The monoisotopic (exact) mass is 518 g/mol. The van der Waals surface area contributed by atoms with E-state index in [9.17, 15) is 18.0 Å². The first-order chi connectivity index (χ1) is 16.3. The van der Waals surface area contributed by atoms with Crippen molar-refractivity contribution in [2.24, 2.45) is 0 Å². The van der Waals surface area contributed by atoms with Gasteiger partial charge in [-0.05, 0) is 74.6 Å². The molecule has 1 aliphatic rings. The van der Waals surface area contributed by atoms with Crippen molar-refractivity contribution in [3.63, 3.8) is 0 Å². The molecule has 1 aromatic heterocycles. The summed E-state index contributed by atoms with van der Waals surface area (Å²) in [4.78, 5) is 26.7. The van der Waals surface area contributed by atoms with E-state index in [0.29, 0.717) is 21.3 Å². The van der Waals surface area contributed by atoms with E-state index in [-0.39, 0.29) is 17.1 Å². The number of nitrogens with one attached hydrogen (secondary N) is 2. The average molecular weight is 519 g/mol. The minimum absolute atomic E-state index is 0.0729. The Morgan fingerprint density at radius 3 is 2.62 bits per heavy atom. The maximum Gasteiger partial charge on any atom is 0.341 e. The SMILES string of the molecule is CCOC(=O)c1c(NC(=O)c2cccc(S(=O)(=O)Nc3cccc(Cl)c3)c2)sc2c1CCCC2. The molecule has 0 aliphatic heterocycles. The molecule has 4 rings (SSSR count). The van der Waals surface area contributed by atoms with Gasteiger partial charge in [-0.15, -0.1) is 11.3 Å². The molecule has 0 radical (unpaired) electrons. The maximum atomic E-state index is 13.1. The van der Waals surface area contributed by atoms with Crippen LogP contribution in [0, 0.1) is 0 Å². The molecule has 0 saturated carbocycles. The van der Waals surface area contributed by atoms with Crippen LogP contribution in [0.5, 0.6) is 0 Å². The van der Waals surface area contributed by atoms with Gasteiger partial charge in [0.25, 0.3) is 15.9 Å². The molecule has 1 heterocycles. The van der Waals surface area contributed by atoms with Crippen LogP contribution in [0.3, 0.4) is 0 Å². The first-order valence-corrected chi connectivity index (χ1v) is 13.5. The second kappa shape index (κ2) is 10.2. The number of thiophene rings is 1. The standard InChI is InChI=1S/C24H23ClN2O5S2/c1-2-32-24(29)21-19-11-3-4-12-20(19)33-23(21)26-22(28)15-7-5-10-18(13-15)34(30,31)27-17-9-6-8-16(25)14-17/h5-10,13-14,27H,2-4,11-12H2,1H3,(H,26,28). The summed E-state index contributed by atoms with van der Waals surface area (Å²) in [7, 11) is -3.95. The summed E-state index contributed by atoms with van der Waals surface area (Å²) in [5, 5.41) is 3.63. The van der Waals surface area contributed by atoms with E-state index in [1.165, 1.54) is 41.7 Å². The van der Waals surface area contributed by atoms with Crippen LogP contribution in [0.2, 0.25) is 5.02 Å². The molecule has 10 heteroatoms. The van der Waals surface area contributed by atoms with Crippen molar-refractivity contribution in [2.45, 2.75) is 37.5 Å². The molecule has 0 atom stereocenters. The summed E-state index contributed by atoms with van der Waals surface area (Å²) in [5.41, 5.74) is 1.80. The lowest BCUT2D eigenvalue weighted by atomic mass is 9.95. The number of carbonyl (C=O) groups excluding carboxylic acids is 2. The Balaban J connectivity index is 1.60. The Labute approximate surface area is 207 Å². The van der Waals surface area contributed by atoms with Crippen molar-refractivity contribution in [2.75, 3.05) is 16.6 Å². The zero-order chi connectivity index (χ0) is 24.3. The van der Waals surface area contributed by atoms with Crippen molar-refractivity contribution in [3.8, 4) is 0 Å². The molecule has 1 amide bonds. The minimum atomic E-state index is -3.95. The molecule has 2 aromatic carbocycles. The molecule has 0 unspecified atom stereocenters. The van der Waals surface area contributed by atoms with Crippen LogP contribution in [0.25, 0.3) is 0 Å². The van der Waals surface area contributed by atoms with Crippen LogP contribution in [0.4, 0.5) is 10.7 Å². The fourth-order valence-electron chi connectivity index (χ4n) is 3.82. The summed E-state index contributed by atoms with van der Waals surface area (Å²) in [6, 6.07) is 12.0. The van der Waals surface area contributed by atoms with Crippen molar-refractivity contribution >= 4 is 55.5 Å². The van der Waals surface area contributed by atoms with E-state index in [0.717, 1.165) is 36.1 Å². The molecule has 3 aromatic rings. The summed E-state index contributed by atoms with van der Waals surface area (Å²) in [5.74, 6) is -0.969. The van der Waals surface area contributed by atoms with Gasteiger partial charge >= 0.3 is 5.97 Å². The molecule has 0 saturated heterocycles. The van der Waals surface area contributed by atoms with Gasteiger partial charge in [-0.25, -0.2) is 13.2 Å². The number of sulfonamides is 1. The maximum absolute atomic E-state index is 13.1. The number of halogens is 1. The number of aryl methyl sites for hydroxylation is 1. The molecular formula is C24H23ClN2O5S2. The van der Waals surface area contributed by atoms with Gasteiger partial charge in [-0.3, -0.25) is 9.52 Å². The van der Waals surface area contributed by atoms with Gasteiger partial charge in [-0.2, -0.15) is 0 Å². The number of amides is 1. The van der Waals surface area contributed by atoms with Crippen LogP contribution >= 0.6 is 22.9 Å². The molecule has 0 spiro atoms. The van der Waals surface area contributed by atoms with Gasteiger partial charge in [0.1, 0.15) is 5.00 Å². The molecule has 0 fully saturated rings. The zero-order valence-electron chi connectivity index (χ0n) is 18.4. The quantitative estimate of drug-likeness (QED) is 0.401. The van der Waals surface area contributed by atoms with Crippen LogP contribution in [-0.4, -0.2) is 26.9 Å². The zero-order valence-corrected chi connectivity index (χ0v) is 20.8. The number of ether oxygens (including phenoxy) is 1. The highest BCUT2D eigenvalue weighted by atomic mass is 35.5. The predicted octanol–water partition coefficient (Wildman–Crippen LogP) is 5.51. The fourth-order valence-corrected chi connectivity index (χ4v) is 6.38. The molecule has 34 heavy (non-hydrogen) atoms. The van der Waals surface area contributed by atoms with Gasteiger partial charge in [0.2, 0.25) is 0 Å². The number of hydrogen-bond donors (Lipinski definition) is 2. The molecule has 178 valence electrons. The molecular weight excluding hydrogens is 496 g/mol. The van der Waals surface area contributed by atoms with Crippen molar-refractivity contribution in [1.29, 1.82) is 0 Å². The van der Waals surface area contributed by atoms with Crippen LogP contribution in [0.15, 0.2) is 53.4 Å². The lowest BCUT2D eigenvalue weighted by Crippen LogP contribution is -2.17. The smallest absolute Gasteiger partial charge is 0.341 e. The Hall–Kier alpha value is -2.88. The number of hydrogen-bond acceptors (Lipinski definition) is 6. The van der Waals surface area contributed by atoms with Gasteiger partial charge in [0.05, 0.1) is 22.8 Å². The predicted molar refractivity (Wildman–Crippen MR) is 134 cm³/mol.